The van der Waals surface area contributed by atoms with Gasteiger partial charge >= 0.3 is 0 Å². The number of anilines is 2. The standard InChI is InChI=1S/C17H15FIN3O/c1-10-5-13-15(7-16(10)23-2)20-9-21-17(13)22-12-3-4-14(18)11(6-12)8-19/h3-7,9H,8H2,1-2H3,(H,20,21,22). The molecule has 2 aromatic carbocycles. The van der Waals surface area contributed by atoms with Crippen LogP contribution in [0.1, 0.15) is 11.1 Å². The molecule has 0 unspecified atom stereocenters. The molecule has 118 valence electrons. The lowest BCUT2D eigenvalue weighted by Gasteiger charge is -2.12. The number of benzene rings is 2. The third kappa shape index (κ3) is 3.21. The van der Waals surface area contributed by atoms with E-state index in [2.05, 4.69) is 37.9 Å². The Labute approximate surface area is 147 Å². The van der Waals surface area contributed by atoms with Gasteiger partial charge in [0.15, 0.2) is 0 Å². The summed E-state index contributed by atoms with van der Waals surface area (Å²) < 4.78 is 19.6. The van der Waals surface area contributed by atoms with Crippen LogP contribution in [0.2, 0.25) is 0 Å². The number of nitrogens with one attached hydrogen (secondary N) is 1. The van der Waals surface area contributed by atoms with Gasteiger partial charge in [0.1, 0.15) is 23.7 Å². The molecular formula is C17H15FIN3O. The van der Waals surface area contributed by atoms with Gasteiger partial charge in [-0.1, -0.05) is 22.6 Å². The lowest BCUT2D eigenvalue weighted by molar-refractivity contribution is 0.412. The van der Waals surface area contributed by atoms with Crippen LogP contribution in [0.5, 0.6) is 5.75 Å². The predicted molar refractivity (Wildman–Crippen MR) is 98.2 cm³/mol. The topological polar surface area (TPSA) is 47.0 Å². The molecule has 0 aliphatic heterocycles. The summed E-state index contributed by atoms with van der Waals surface area (Å²) in [5.74, 6) is 1.28. The Hall–Kier alpha value is -1.96. The molecule has 0 bridgehead atoms. The van der Waals surface area contributed by atoms with Crippen molar-refractivity contribution in [3.8, 4) is 5.75 Å². The lowest BCUT2D eigenvalue weighted by atomic mass is 10.1. The number of ether oxygens (including phenoxy) is 1. The highest BCUT2D eigenvalue weighted by molar-refractivity contribution is 14.1. The van der Waals surface area contributed by atoms with Crippen LogP contribution in [0.15, 0.2) is 36.7 Å². The Morgan fingerprint density at radius 1 is 1.22 bits per heavy atom. The summed E-state index contributed by atoms with van der Waals surface area (Å²) in [5.41, 5.74) is 3.25. The minimum absolute atomic E-state index is 0.196. The highest BCUT2D eigenvalue weighted by Gasteiger charge is 2.09. The van der Waals surface area contributed by atoms with Crippen LogP contribution in [-0.2, 0) is 4.43 Å². The minimum Gasteiger partial charge on any atom is -0.496 e. The first-order chi connectivity index (χ1) is 11.1. The molecule has 6 heteroatoms. The van der Waals surface area contributed by atoms with Crippen LogP contribution in [0.25, 0.3) is 10.9 Å². The molecule has 0 saturated heterocycles. The van der Waals surface area contributed by atoms with Gasteiger partial charge in [-0.25, -0.2) is 14.4 Å². The quantitative estimate of drug-likeness (QED) is 0.486. The molecule has 4 nitrogen and oxygen atoms in total. The maximum absolute atomic E-state index is 13.6. The number of nitrogens with zero attached hydrogens (tertiary/aromatic N) is 2. The van der Waals surface area contributed by atoms with Crippen molar-refractivity contribution >= 4 is 45.0 Å². The number of hydrogen-bond acceptors (Lipinski definition) is 4. The van der Waals surface area contributed by atoms with E-state index in [0.717, 1.165) is 27.9 Å². The number of rotatable bonds is 4. The molecule has 1 heterocycles. The Balaban J connectivity index is 2.05. The Morgan fingerprint density at radius 3 is 2.78 bits per heavy atom. The summed E-state index contributed by atoms with van der Waals surface area (Å²) in [5, 5.41) is 4.15. The van der Waals surface area contributed by atoms with Gasteiger partial charge in [-0.05, 0) is 42.3 Å². The summed E-state index contributed by atoms with van der Waals surface area (Å²) in [6, 6.07) is 8.84. The summed E-state index contributed by atoms with van der Waals surface area (Å²) in [6.45, 7) is 1.97. The molecule has 0 saturated carbocycles. The van der Waals surface area contributed by atoms with E-state index in [4.69, 9.17) is 4.74 Å². The van der Waals surface area contributed by atoms with Gasteiger partial charge < -0.3 is 10.1 Å². The van der Waals surface area contributed by atoms with Gasteiger partial charge in [-0.2, -0.15) is 0 Å². The summed E-state index contributed by atoms with van der Waals surface area (Å²) in [7, 11) is 1.64. The van der Waals surface area contributed by atoms with E-state index < -0.39 is 0 Å². The van der Waals surface area contributed by atoms with Gasteiger partial charge in [0.2, 0.25) is 0 Å². The average molecular weight is 423 g/mol. The van der Waals surface area contributed by atoms with Gasteiger partial charge in [0, 0.05) is 21.6 Å². The molecule has 0 aliphatic carbocycles. The molecule has 1 aromatic heterocycles. The molecular weight excluding hydrogens is 408 g/mol. The largest absolute Gasteiger partial charge is 0.496 e. The van der Waals surface area contributed by atoms with Crippen LogP contribution in [0.3, 0.4) is 0 Å². The van der Waals surface area contributed by atoms with Gasteiger partial charge in [0.25, 0.3) is 0 Å². The van der Waals surface area contributed by atoms with Gasteiger partial charge in [0.05, 0.1) is 12.6 Å². The van der Waals surface area contributed by atoms with E-state index >= 15 is 0 Å². The second-order valence-corrected chi connectivity index (χ2v) is 5.89. The zero-order valence-corrected chi connectivity index (χ0v) is 14.9. The van der Waals surface area contributed by atoms with E-state index in [-0.39, 0.29) is 5.82 Å². The van der Waals surface area contributed by atoms with Crippen molar-refractivity contribution < 1.29 is 9.13 Å². The first kappa shape index (κ1) is 15.9. The van der Waals surface area contributed by atoms with E-state index in [1.165, 1.54) is 12.4 Å². The first-order valence-corrected chi connectivity index (χ1v) is 8.55. The maximum atomic E-state index is 13.6. The maximum Gasteiger partial charge on any atom is 0.141 e. The Kier molecular flexibility index (Phi) is 4.61. The number of alkyl halides is 1. The first-order valence-electron chi connectivity index (χ1n) is 7.03. The third-order valence-electron chi connectivity index (χ3n) is 3.60. The summed E-state index contributed by atoms with van der Waals surface area (Å²) in [4.78, 5) is 8.61. The number of aryl methyl sites for hydroxylation is 1. The molecule has 0 radical (unpaired) electrons. The van der Waals surface area contributed by atoms with E-state index in [9.17, 15) is 4.39 Å². The zero-order chi connectivity index (χ0) is 16.4. The number of aromatic nitrogens is 2. The highest BCUT2D eigenvalue weighted by Crippen LogP contribution is 2.29. The molecule has 0 amide bonds. The lowest BCUT2D eigenvalue weighted by Crippen LogP contribution is -1.98. The molecule has 3 aromatic rings. The van der Waals surface area contributed by atoms with Crippen LogP contribution >= 0.6 is 22.6 Å². The van der Waals surface area contributed by atoms with E-state index in [1.807, 2.05) is 19.1 Å². The Bertz CT molecular complexity index is 870. The molecule has 1 N–H and O–H groups in total. The molecule has 0 fully saturated rings. The molecule has 3 rings (SSSR count). The van der Waals surface area contributed by atoms with Crippen molar-refractivity contribution in [2.24, 2.45) is 0 Å². The monoisotopic (exact) mass is 423 g/mol. The average Bonchev–Trinajstić information content (AvgIpc) is 2.56. The van der Waals surface area contributed by atoms with Gasteiger partial charge in [-0.3, -0.25) is 0 Å². The highest BCUT2D eigenvalue weighted by atomic mass is 127. The van der Waals surface area contributed by atoms with Crippen LogP contribution < -0.4 is 10.1 Å². The fraction of sp³-hybridized carbons (Fsp3) is 0.176. The fourth-order valence-electron chi connectivity index (χ4n) is 2.40. The number of hydrogen-bond donors (Lipinski definition) is 1. The normalized spacial score (nSPS) is 10.8. The second-order valence-electron chi connectivity index (χ2n) is 5.13. The smallest absolute Gasteiger partial charge is 0.141 e. The molecule has 0 atom stereocenters. The molecule has 0 spiro atoms. The molecule has 0 aliphatic rings. The number of fused-ring (bicyclic) bond motifs is 1. The summed E-state index contributed by atoms with van der Waals surface area (Å²) in [6.07, 6.45) is 1.50. The van der Waals surface area contributed by atoms with Gasteiger partial charge in [-0.15, -0.1) is 0 Å². The van der Waals surface area contributed by atoms with Crippen LogP contribution in [0.4, 0.5) is 15.9 Å². The van der Waals surface area contributed by atoms with Crippen LogP contribution in [0, 0.1) is 12.7 Å². The van der Waals surface area contributed by atoms with Crippen molar-refractivity contribution in [2.75, 3.05) is 12.4 Å². The minimum atomic E-state index is -0.196. The second kappa shape index (κ2) is 6.66. The van der Waals surface area contributed by atoms with Crippen molar-refractivity contribution in [3.05, 3.63) is 53.6 Å². The van der Waals surface area contributed by atoms with E-state index in [0.29, 0.717) is 15.8 Å². The van der Waals surface area contributed by atoms with Crippen LogP contribution in [-0.4, -0.2) is 17.1 Å². The SMILES string of the molecule is COc1cc2ncnc(Nc3ccc(F)c(CI)c3)c2cc1C. The summed E-state index contributed by atoms with van der Waals surface area (Å²) >= 11 is 2.15. The third-order valence-corrected chi connectivity index (χ3v) is 4.43. The zero-order valence-electron chi connectivity index (χ0n) is 12.7. The van der Waals surface area contributed by atoms with Crippen molar-refractivity contribution in [1.82, 2.24) is 9.97 Å². The van der Waals surface area contributed by atoms with E-state index in [1.54, 1.807) is 19.2 Å². The fourth-order valence-corrected chi connectivity index (χ4v) is 2.99. The molecule has 23 heavy (non-hydrogen) atoms. The Morgan fingerprint density at radius 2 is 2.04 bits per heavy atom. The van der Waals surface area contributed by atoms with Crippen molar-refractivity contribution in [3.63, 3.8) is 0 Å². The number of methoxy groups -OCH3 is 1. The van der Waals surface area contributed by atoms with Crippen molar-refractivity contribution in [2.45, 2.75) is 11.4 Å². The van der Waals surface area contributed by atoms with Crippen molar-refractivity contribution in [1.29, 1.82) is 0 Å². The number of halogens is 2. The predicted octanol–water partition coefficient (Wildman–Crippen LogP) is 4.76.